The lowest BCUT2D eigenvalue weighted by Crippen LogP contribution is -2.38. The molecule has 0 amide bonds. The van der Waals surface area contributed by atoms with Crippen molar-refractivity contribution in [2.45, 2.75) is 18.6 Å². The summed E-state index contributed by atoms with van der Waals surface area (Å²) in [4.78, 5) is 13.3. The van der Waals surface area contributed by atoms with Gasteiger partial charge in [-0.3, -0.25) is 0 Å². The van der Waals surface area contributed by atoms with E-state index < -0.39 is 0 Å². The first-order valence-electron chi connectivity index (χ1n) is 7.16. The number of nitrogens with zero attached hydrogens (tertiary/aromatic N) is 4. The van der Waals surface area contributed by atoms with Gasteiger partial charge in [0.25, 0.3) is 0 Å². The first-order valence-corrected chi connectivity index (χ1v) is 7.16. The zero-order chi connectivity index (χ0) is 15.0. The van der Waals surface area contributed by atoms with Crippen LogP contribution in [0.25, 0.3) is 11.0 Å². The summed E-state index contributed by atoms with van der Waals surface area (Å²) in [5, 5.41) is 10.00. The Balaban J connectivity index is 1.99. The van der Waals surface area contributed by atoms with E-state index >= 15 is 0 Å². The highest BCUT2D eigenvalue weighted by atomic mass is 16.3. The van der Waals surface area contributed by atoms with Crippen LogP contribution in [-0.2, 0) is 0 Å². The van der Waals surface area contributed by atoms with Crippen LogP contribution in [-0.4, -0.2) is 59.3 Å². The normalized spacial score (nSPS) is 22.4. The zero-order valence-corrected chi connectivity index (χ0v) is 12.4. The molecule has 6 heteroatoms. The lowest BCUT2D eigenvalue weighted by Gasteiger charge is -2.28. The van der Waals surface area contributed by atoms with Gasteiger partial charge < -0.3 is 20.6 Å². The lowest BCUT2D eigenvalue weighted by molar-refractivity contribution is 0.191. The zero-order valence-electron chi connectivity index (χ0n) is 12.4. The number of β-amino-alcohol motifs (C(OH)–C–C–N with tert-alkyl or cyclic N) is 1. The van der Waals surface area contributed by atoms with Gasteiger partial charge in [-0.1, -0.05) is 12.1 Å². The lowest BCUT2D eigenvalue weighted by atomic mass is 10.2. The van der Waals surface area contributed by atoms with Gasteiger partial charge in [-0.05, 0) is 32.6 Å². The Hall–Kier alpha value is -1.92. The molecule has 0 aliphatic carbocycles. The Labute approximate surface area is 124 Å². The molecule has 1 aliphatic rings. The molecule has 0 radical (unpaired) electrons. The van der Waals surface area contributed by atoms with Crippen LogP contribution >= 0.6 is 0 Å². The maximum absolute atomic E-state index is 10.00. The van der Waals surface area contributed by atoms with E-state index in [1.807, 2.05) is 38.4 Å². The third-order valence-corrected chi connectivity index (χ3v) is 3.82. The highest BCUT2D eigenvalue weighted by molar-refractivity contribution is 5.80. The fraction of sp³-hybridized carbons (Fsp3) is 0.467. The van der Waals surface area contributed by atoms with E-state index in [2.05, 4.69) is 19.8 Å². The molecule has 1 fully saturated rings. The molecule has 6 nitrogen and oxygen atoms in total. The van der Waals surface area contributed by atoms with Crippen LogP contribution in [0, 0.1) is 0 Å². The molecule has 2 atom stereocenters. The smallest absolute Gasteiger partial charge is 0.172 e. The van der Waals surface area contributed by atoms with Crippen molar-refractivity contribution in [1.82, 2.24) is 14.9 Å². The molecule has 0 spiro atoms. The van der Waals surface area contributed by atoms with E-state index in [0.29, 0.717) is 18.2 Å². The van der Waals surface area contributed by atoms with Crippen LogP contribution in [0.2, 0.25) is 0 Å². The average Bonchev–Trinajstić information content (AvgIpc) is 2.77. The number of hydrogen-bond acceptors (Lipinski definition) is 6. The van der Waals surface area contributed by atoms with Crippen molar-refractivity contribution >= 4 is 22.7 Å². The number of hydrogen-bond donors (Lipinski definition) is 2. The van der Waals surface area contributed by atoms with E-state index in [-0.39, 0.29) is 12.1 Å². The maximum atomic E-state index is 10.00. The molecule has 0 bridgehead atoms. The number of nitrogen functional groups attached to an aromatic ring is 1. The third kappa shape index (κ3) is 2.77. The number of benzene rings is 1. The third-order valence-electron chi connectivity index (χ3n) is 3.82. The Bertz CT molecular complexity index is 645. The molecular weight excluding hydrogens is 266 g/mol. The van der Waals surface area contributed by atoms with E-state index in [4.69, 9.17) is 5.73 Å². The number of aromatic nitrogens is 2. The van der Waals surface area contributed by atoms with Crippen molar-refractivity contribution in [3.05, 3.63) is 24.3 Å². The predicted octanol–water partition coefficient (Wildman–Crippen LogP) is 0.713. The van der Waals surface area contributed by atoms with E-state index in [1.54, 1.807) is 0 Å². The van der Waals surface area contributed by atoms with Gasteiger partial charge in [0.1, 0.15) is 0 Å². The second kappa shape index (κ2) is 5.46. The summed E-state index contributed by atoms with van der Waals surface area (Å²) in [6, 6.07) is 7.89. The predicted molar refractivity (Wildman–Crippen MR) is 84.3 cm³/mol. The number of aliphatic hydroxyl groups excluding tert-OH is 1. The molecule has 0 saturated carbocycles. The second-order valence-electron chi connectivity index (χ2n) is 5.88. The van der Waals surface area contributed by atoms with Crippen molar-refractivity contribution in [3.8, 4) is 0 Å². The first kappa shape index (κ1) is 14.0. The second-order valence-corrected chi connectivity index (χ2v) is 5.88. The van der Waals surface area contributed by atoms with Crippen LogP contribution in [0.4, 0.5) is 11.6 Å². The summed E-state index contributed by atoms with van der Waals surface area (Å²) in [6.45, 7) is 1.40. The topological polar surface area (TPSA) is 78.5 Å². The Morgan fingerprint density at radius 1 is 1.29 bits per heavy atom. The summed E-state index contributed by atoms with van der Waals surface area (Å²) in [5.74, 6) is 1.10. The summed E-state index contributed by atoms with van der Waals surface area (Å²) in [6.07, 6.45) is 0.384. The number of rotatable bonds is 3. The van der Waals surface area contributed by atoms with Gasteiger partial charge in [-0.2, -0.15) is 0 Å². The van der Waals surface area contributed by atoms with E-state index in [0.717, 1.165) is 24.0 Å². The van der Waals surface area contributed by atoms with Crippen molar-refractivity contribution in [2.75, 3.05) is 37.8 Å². The number of fused-ring (bicyclic) bond motifs is 1. The monoisotopic (exact) mass is 287 g/mol. The fourth-order valence-electron chi connectivity index (χ4n) is 2.96. The minimum absolute atomic E-state index is 0.202. The molecule has 2 unspecified atom stereocenters. The molecule has 2 aromatic rings. The van der Waals surface area contributed by atoms with Crippen LogP contribution in [0.5, 0.6) is 0 Å². The summed E-state index contributed by atoms with van der Waals surface area (Å²) in [5.41, 5.74) is 7.71. The summed E-state index contributed by atoms with van der Waals surface area (Å²) >= 11 is 0. The summed E-state index contributed by atoms with van der Waals surface area (Å²) in [7, 11) is 4.05. The van der Waals surface area contributed by atoms with Crippen molar-refractivity contribution in [1.29, 1.82) is 0 Å². The van der Waals surface area contributed by atoms with Gasteiger partial charge in [0.2, 0.25) is 0 Å². The Morgan fingerprint density at radius 3 is 2.62 bits per heavy atom. The molecule has 2 heterocycles. The van der Waals surface area contributed by atoms with Crippen molar-refractivity contribution in [2.24, 2.45) is 0 Å². The number of nitrogens with two attached hydrogens (primary N) is 1. The number of aliphatic hydroxyl groups is 1. The molecule has 3 N–H and O–H groups in total. The van der Waals surface area contributed by atoms with Gasteiger partial charge in [0, 0.05) is 19.1 Å². The van der Waals surface area contributed by atoms with E-state index in [1.165, 1.54) is 0 Å². The minimum Gasteiger partial charge on any atom is -0.391 e. The van der Waals surface area contributed by atoms with Gasteiger partial charge in [0.15, 0.2) is 11.6 Å². The van der Waals surface area contributed by atoms with Crippen LogP contribution < -0.4 is 10.6 Å². The molecular formula is C15H21N5O. The van der Waals surface area contributed by atoms with Crippen molar-refractivity contribution in [3.63, 3.8) is 0 Å². The number of para-hydroxylation sites is 2. The Morgan fingerprint density at radius 2 is 1.95 bits per heavy atom. The Kier molecular flexibility index (Phi) is 3.65. The number of anilines is 2. The highest BCUT2D eigenvalue weighted by Crippen LogP contribution is 2.29. The average molecular weight is 287 g/mol. The van der Waals surface area contributed by atoms with E-state index in [9.17, 15) is 5.11 Å². The summed E-state index contributed by atoms with van der Waals surface area (Å²) < 4.78 is 0. The first-order chi connectivity index (χ1) is 10.0. The molecule has 3 rings (SSSR count). The standard InChI is InChI=1S/C15H21N5O/c1-19(2)8-10-7-11(21)9-20(10)15-14(16)17-12-5-3-4-6-13(12)18-15/h3-6,10-11,21H,7-9H2,1-2H3,(H2,16,17). The highest BCUT2D eigenvalue weighted by Gasteiger charge is 2.33. The number of likely N-dealkylation sites (N-methyl/N-ethyl adjacent to an activating group) is 1. The molecule has 21 heavy (non-hydrogen) atoms. The van der Waals surface area contributed by atoms with Crippen LogP contribution in [0.1, 0.15) is 6.42 Å². The quantitative estimate of drug-likeness (QED) is 0.866. The SMILES string of the molecule is CN(C)CC1CC(O)CN1c1nc2ccccc2nc1N. The minimum atomic E-state index is -0.345. The fourth-order valence-corrected chi connectivity index (χ4v) is 2.96. The molecule has 1 saturated heterocycles. The van der Waals surface area contributed by atoms with Gasteiger partial charge in [-0.15, -0.1) is 0 Å². The van der Waals surface area contributed by atoms with Crippen LogP contribution in [0.15, 0.2) is 24.3 Å². The molecule has 1 aliphatic heterocycles. The van der Waals surface area contributed by atoms with Crippen LogP contribution in [0.3, 0.4) is 0 Å². The van der Waals surface area contributed by atoms with Gasteiger partial charge >= 0.3 is 0 Å². The van der Waals surface area contributed by atoms with Gasteiger partial charge in [0.05, 0.1) is 17.1 Å². The molecule has 1 aromatic heterocycles. The van der Waals surface area contributed by atoms with Gasteiger partial charge in [-0.25, -0.2) is 9.97 Å². The maximum Gasteiger partial charge on any atom is 0.172 e. The largest absolute Gasteiger partial charge is 0.391 e. The molecule has 112 valence electrons. The molecule has 1 aromatic carbocycles. The van der Waals surface area contributed by atoms with Crippen molar-refractivity contribution < 1.29 is 5.11 Å².